The van der Waals surface area contributed by atoms with Crippen LogP contribution in [-0.4, -0.2) is 37.6 Å². The Kier molecular flexibility index (Phi) is 5.40. The first-order chi connectivity index (χ1) is 14.4. The quantitative estimate of drug-likeness (QED) is 0.473. The molecular weight excluding hydrogens is 400 g/mol. The largest absolute Gasteiger partial charge is 0.497 e. The van der Waals surface area contributed by atoms with Crippen LogP contribution in [0.15, 0.2) is 66.7 Å². The van der Waals surface area contributed by atoms with E-state index < -0.39 is 16.1 Å². The summed E-state index contributed by atoms with van der Waals surface area (Å²) >= 11 is 0. The molecule has 0 spiro atoms. The van der Waals surface area contributed by atoms with Crippen LogP contribution in [0.5, 0.6) is 5.75 Å². The molecule has 0 saturated heterocycles. The zero-order chi connectivity index (χ0) is 21.3. The van der Waals surface area contributed by atoms with E-state index in [1.807, 2.05) is 36.4 Å². The molecule has 0 aliphatic carbocycles. The number of methoxy groups -OCH3 is 1. The minimum atomic E-state index is -3.44. The Morgan fingerprint density at radius 2 is 1.60 bits per heavy atom. The molecule has 1 aromatic heterocycles. The van der Waals surface area contributed by atoms with Crippen molar-refractivity contribution in [3.63, 3.8) is 0 Å². The zero-order valence-corrected chi connectivity index (χ0v) is 17.7. The average molecular weight is 425 g/mol. The van der Waals surface area contributed by atoms with Crippen molar-refractivity contribution in [2.24, 2.45) is 0 Å². The fourth-order valence-corrected chi connectivity index (χ4v) is 4.49. The number of para-hydroxylation sites is 2. The van der Waals surface area contributed by atoms with Crippen LogP contribution in [0, 0.1) is 0 Å². The first-order valence-electron chi connectivity index (χ1n) is 9.64. The summed E-state index contributed by atoms with van der Waals surface area (Å²) in [6.07, 6.45) is 0.655. The third kappa shape index (κ3) is 4.13. The molecule has 7 heteroatoms. The highest BCUT2D eigenvalue weighted by atomic mass is 32.2. The molecule has 0 aliphatic rings. The van der Waals surface area contributed by atoms with Gasteiger partial charge in [-0.2, -0.15) is 0 Å². The van der Waals surface area contributed by atoms with Crippen LogP contribution >= 0.6 is 0 Å². The number of fused-ring (bicyclic) bond motifs is 3. The van der Waals surface area contributed by atoms with Gasteiger partial charge in [-0.25, -0.2) is 8.42 Å². The van der Waals surface area contributed by atoms with Gasteiger partial charge in [-0.05, 0) is 35.9 Å². The fourth-order valence-electron chi connectivity index (χ4n) is 3.89. The Labute approximate surface area is 175 Å². The van der Waals surface area contributed by atoms with E-state index in [1.165, 1.54) is 0 Å². The number of sulfonamides is 1. The van der Waals surface area contributed by atoms with Crippen molar-refractivity contribution >= 4 is 37.5 Å². The van der Waals surface area contributed by atoms with E-state index >= 15 is 0 Å². The summed E-state index contributed by atoms with van der Waals surface area (Å²) < 4.78 is 33.4. The number of ether oxygens (including phenoxy) is 1. The summed E-state index contributed by atoms with van der Waals surface area (Å²) in [6, 6.07) is 21.3. The Balaban J connectivity index is 1.68. The molecule has 0 amide bonds. The maximum atomic E-state index is 11.7. The van der Waals surface area contributed by atoms with E-state index in [-0.39, 0.29) is 6.42 Å². The molecule has 0 bridgehead atoms. The number of hydrogen-bond acceptors (Lipinski definition) is 4. The van der Waals surface area contributed by atoms with Crippen LogP contribution in [-0.2, 0) is 23.0 Å². The summed E-state index contributed by atoms with van der Waals surface area (Å²) in [5.41, 5.74) is 3.23. The van der Waals surface area contributed by atoms with Crippen LogP contribution in [0.2, 0.25) is 0 Å². The lowest BCUT2D eigenvalue weighted by atomic mass is 10.1. The van der Waals surface area contributed by atoms with Crippen molar-refractivity contribution in [1.82, 2.24) is 4.57 Å². The number of hydrogen-bond donors (Lipinski definition) is 2. The van der Waals surface area contributed by atoms with Gasteiger partial charge < -0.3 is 14.4 Å². The SMILES string of the molecule is COc1ccc(NS(C)(=O)=O)c(CC(O)Cn2c3ccccc3c3ccccc32)c1. The first-order valence-corrected chi connectivity index (χ1v) is 11.5. The molecule has 0 aliphatic heterocycles. The molecule has 3 aromatic carbocycles. The second-order valence-electron chi connectivity index (χ2n) is 7.40. The van der Waals surface area contributed by atoms with Crippen molar-refractivity contribution < 1.29 is 18.3 Å². The number of benzene rings is 3. The van der Waals surface area contributed by atoms with Gasteiger partial charge in [-0.1, -0.05) is 36.4 Å². The van der Waals surface area contributed by atoms with Gasteiger partial charge >= 0.3 is 0 Å². The van der Waals surface area contributed by atoms with E-state index in [1.54, 1.807) is 25.3 Å². The van der Waals surface area contributed by atoms with Gasteiger partial charge in [0.1, 0.15) is 5.75 Å². The molecule has 1 unspecified atom stereocenters. The van der Waals surface area contributed by atoms with Gasteiger partial charge in [0, 0.05) is 34.8 Å². The number of aromatic nitrogens is 1. The van der Waals surface area contributed by atoms with Gasteiger partial charge in [0.15, 0.2) is 0 Å². The van der Waals surface area contributed by atoms with Crippen molar-refractivity contribution in [2.75, 3.05) is 18.1 Å². The molecule has 0 radical (unpaired) electrons. The van der Waals surface area contributed by atoms with Crippen LogP contribution in [0.25, 0.3) is 21.8 Å². The normalized spacial score (nSPS) is 12.9. The average Bonchev–Trinajstić information content (AvgIpc) is 3.02. The maximum Gasteiger partial charge on any atom is 0.229 e. The minimum Gasteiger partial charge on any atom is -0.497 e. The first kappa shape index (κ1) is 20.3. The fraction of sp³-hybridized carbons (Fsp3) is 0.217. The van der Waals surface area contributed by atoms with Crippen LogP contribution in [0.3, 0.4) is 0 Å². The van der Waals surface area contributed by atoms with E-state index in [2.05, 4.69) is 21.4 Å². The third-order valence-corrected chi connectivity index (χ3v) is 5.73. The van der Waals surface area contributed by atoms with E-state index in [9.17, 15) is 13.5 Å². The molecule has 1 heterocycles. The lowest BCUT2D eigenvalue weighted by molar-refractivity contribution is 0.157. The van der Waals surface area contributed by atoms with Gasteiger partial charge in [0.05, 0.1) is 25.2 Å². The van der Waals surface area contributed by atoms with Crippen molar-refractivity contribution in [3.8, 4) is 5.75 Å². The molecular formula is C23H24N2O4S. The Morgan fingerprint density at radius 1 is 1.00 bits per heavy atom. The van der Waals surface area contributed by atoms with Crippen molar-refractivity contribution in [3.05, 3.63) is 72.3 Å². The number of aliphatic hydroxyl groups is 1. The highest BCUT2D eigenvalue weighted by molar-refractivity contribution is 7.92. The topological polar surface area (TPSA) is 80.6 Å². The Morgan fingerprint density at radius 3 is 2.17 bits per heavy atom. The number of nitrogens with one attached hydrogen (secondary N) is 1. The van der Waals surface area contributed by atoms with Crippen LogP contribution < -0.4 is 9.46 Å². The predicted molar refractivity (Wildman–Crippen MR) is 121 cm³/mol. The second kappa shape index (κ2) is 8.01. The molecule has 0 saturated carbocycles. The number of rotatable bonds is 7. The molecule has 4 rings (SSSR count). The summed E-state index contributed by atoms with van der Waals surface area (Å²) in [6.45, 7) is 0.379. The number of aliphatic hydroxyl groups excluding tert-OH is 1. The van der Waals surface area contributed by atoms with Gasteiger partial charge in [0.2, 0.25) is 10.0 Å². The lowest BCUT2D eigenvalue weighted by Crippen LogP contribution is -2.20. The van der Waals surface area contributed by atoms with Crippen LogP contribution in [0.1, 0.15) is 5.56 Å². The Bertz CT molecular complexity index is 1260. The van der Waals surface area contributed by atoms with Crippen LogP contribution in [0.4, 0.5) is 5.69 Å². The molecule has 30 heavy (non-hydrogen) atoms. The summed E-state index contributed by atoms with van der Waals surface area (Å²) in [4.78, 5) is 0. The molecule has 0 fully saturated rings. The zero-order valence-electron chi connectivity index (χ0n) is 16.9. The molecule has 2 N–H and O–H groups in total. The predicted octanol–water partition coefficient (Wildman–Crippen LogP) is 3.78. The molecule has 6 nitrogen and oxygen atoms in total. The number of anilines is 1. The molecule has 1 atom stereocenters. The van der Waals surface area contributed by atoms with E-state index in [0.29, 0.717) is 23.5 Å². The Hall–Kier alpha value is -3.03. The summed E-state index contributed by atoms with van der Waals surface area (Å²) in [5.74, 6) is 0.605. The smallest absolute Gasteiger partial charge is 0.229 e. The van der Waals surface area contributed by atoms with E-state index in [0.717, 1.165) is 28.1 Å². The van der Waals surface area contributed by atoms with Crippen molar-refractivity contribution in [2.45, 2.75) is 19.1 Å². The standard InChI is InChI=1S/C23H24N2O4S/c1-29-18-11-12-21(24-30(2,27)28)16(14-18)13-17(26)15-25-22-9-5-3-7-19(22)20-8-4-6-10-23(20)25/h3-12,14,17,24,26H,13,15H2,1-2H3. The highest BCUT2D eigenvalue weighted by Crippen LogP contribution is 2.30. The van der Waals surface area contributed by atoms with E-state index in [4.69, 9.17) is 4.74 Å². The summed E-state index contributed by atoms with van der Waals surface area (Å²) in [5, 5.41) is 13.2. The van der Waals surface area contributed by atoms with Gasteiger partial charge in [-0.3, -0.25) is 4.72 Å². The lowest BCUT2D eigenvalue weighted by Gasteiger charge is -2.17. The summed E-state index contributed by atoms with van der Waals surface area (Å²) in [7, 11) is -1.89. The number of nitrogens with zero attached hydrogens (tertiary/aromatic N) is 1. The van der Waals surface area contributed by atoms with Crippen molar-refractivity contribution in [1.29, 1.82) is 0 Å². The minimum absolute atomic E-state index is 0.274. The third-order valence-electron chi connectivity index (χ3n) is 5.14. The second-order valence-corrected chi connectivity index (χ2v) is 9.15. The molecule has 4 aromatic rings. The molecule has 156 valence electrons. The highest BCUT2D eigenvalue weighted by Gasteiger charge is 2.17. The van der Waals surface area contributed by atoms with Gasteiger partial charge in [-0.15, -0.1) is 0 Å². The maximum absolute atomic E-state index is 11.7. The van der Waals surface area contributed by atoms with Gasteiger partial charge in [0.25, 0.3) is 0 Å². The monoisotopic (exact) mass is 424 g/mol.